The monoisotopic (exact) mass is 221 g/mol. The Kier molecular flexibility index (Phi) is 5.19. The molecule has 0 aliphatic carbocycles. The average Bonchev–Trinajstić information content (AvgIpc) is 2.29. The zero-order valence-corrected chi connectivity index (χ0v) is 9.62. The molecule has 1 aromatic rings. The number of hydrogen-bond donors (Lipinski definition) is 3. The summed E-state index contributed by atoms with van der Waals surface area (Å²) in [7, 11) is 0. The van der Waals surface area contributed by atoms with Crippen molar-refractivity contribution < 1.29 is 4.79 Å². The fourth-order valence-corrected chi connectivity index (χ4v) is 1.31. The van der Waals surface area contributed by atoms with Crippen LogP contribution in [0.2, 0.25) is 0 Å². The molecule has 4 heteroatoms. The molecule has 0 saturated heterocycles. The van der Waals surface area contributed by atoms with Crippen LogP contribution in [0.25, 0.3) is 0 Å². The van der Waals surface area contributed by atoms with Crippen molar-refractivity contribution in [3.63, 3.8) is 0 Å². The van der Waals surface area contributed by atoms with E-state index in [1.807, 2.05) is 31.2 Å². The molecule has 0 bridgehead atoms. The van der Waals surface area contributed by atoms with Gasteiger partial charge in [-0.25, -0.2) is 4.79 Å². The van der Waals surface area contributed by atoms with Crippen LogP contribution in [0.3, 0.4) is 0 Å². The van der Waals surface area contributed by atoms with E-state index >= 15 is 0 Å². The van der Waals surface area contributed by atoms with Crippen molar-refractivity contribution in [3.8, 4) is 0 Å². The van der Waals surface area contributed by atoms with Gasteiger partial charge in [0.25, 0.3) is 0 Å². The largest absolute Gasteiger partial charge is 0.399 e. The van der Waals surface area contributed by atoms with Gasteiger partial charge >= 0.3 is 6.03 Å². The van der Waals surface area contributed by atoms with Gasteiger partial charge in [0.05, 0.1) is 0 Å². The number of nitrogens with one attached hydrogen (secondary N) is 2. The Morgan fingerprint density at radius 1 is 1.19 bits per heavy atom. The zero-order chi connectivity index (χ0) is 11.8. The van der Waals surface area contributed by atoms with E-state index in [-0.39, 0.29) is 6.03 Å². The maximum absolute atomic E-state index is 11.2. The maximum Gasteiger partial charge on any atom is 0.314 e. The predicted molar refractivity (Wildman–Crippen MR) is 66.3 cm³/mol. The number of nitrogen functional groups attached to an aromatic ring is 1. The zero-order valence-electron chi connectivity index (χ0n) is 9.62. The van der Waals surface area contributed by atoms with Crippen molar-refractivity contribution in [1.82, 2.24) is 10.6 Å². The molecule has 0 radical (unpaired) electrons. The second-order valence-corrected chi connectivity index (χ2v) is 3.67. The van der Waals surface area contributed by atoms with E-state index in [4.69, 9.17) is 5.73 Å². The standard InChI is InChI=1S/C12H19N3O/c1-2-8-14-12(16)15-9-7-10-3-5-11(13)6-4-10/h3-6H,2,7-9,13H2,1H3,(H2,14,15,16). The van der Waals surface area contributed by atoms with Crippen molar-refractivity contribution in [3.05, 3.63) is 29.8 Å². The lowest BCUT2D eigenvalue weighted by Gasteiger charge is -2.06. The first-order chi connectivity index (χ1) is 7.72. The van der Waals surface area contributed by atoms with Crippen LogP contribution in [0.1, 0.15) is 18.9 Å². The van der Waals surface area contributed by atoms with Crippen LogP contribution in [-0.4, -0.2) is 19.1 Å². The molecular formula is C12H19N3O. The molecule has 0 unspecified atom stereocenters. The summed E-state index contributed by atoms with van der Waals surface area (Å²) in [6.07, 6.45) is 1.77. The van der Waals surface area contributed by atoms with Crippen molar-refractivity contribution >= 4 is 11.7 Å². The van der Waals surface area contributed by atoms with Crippen LogP contribution in [-0.2, 0) is 6.42 Å². The number of benzene rings is 1. The summed E-state index contributed by atoms with van der Waals surface area (Å²) in [6, 6.07) is 7.58. The summed E-state index contributed by atoms with van der Waals surface area (Å²) < 4.78 is 0. The number of nitrogens with two attached hydrogens (primary N) is 1. The SMILES string of the molecule is CCCNC(=O)NCCc1ccc(N)cc1. The highest BCUT2D eigenvalue weighted by Gasteiger charge is 1.98. The van der Waals surface area contributed by atoms with E-state index in [0.717, 1.165) is 18.5 Å². The number of hydrogen-bond acceptors (Lipinski definition) is 2. The molecule has 0 spiro atoms. The molecule has 1 aromatic carbocycles. The van der Waals surface area contributed by atoms with Crippen molar-refractivity contribution in [1.29, 1.82) is 0 Å². The molecule has 0 fully saturated rings. The highest BCUT2D eigenvalue weighted by Crippen LogP contribution is 2.05. The third kappa shape index (κ3) is 4.68. The quantitative estimate of drug-likeness (QED) is 0.660. The van der Waals surface area contributed by atoms with Gasteiger partial charge in [-0.05, 0) is 30.5 Å². The van der Waals surface area contributed by atoms with E-state index in [0.29, 0.717) is 13.1 Å². The Hall–Kier alpha value is -1.71. The maximum atomic E-state index is 11.2. The number of carbonyl (C=O) groups excluding carboxylic acids is 1. The lowest BCUT2D eigenvalue weighted by atomic mass is 10.1. The molecule has 2 amide bonds. The second-order valence-electron chi connectivity index (χ2n) is 3.67. The number of amides is 2. The molecule has 4 N–H and O–H groups in total. The second kappa shape index (κ2) is 6.71. The van der Waals surface area contributed by atoms with Gasteiger partial charge in [-0.3, -0.25) is 0 Å². The fraction of sp³-hybridized carbons (Fsp3) is 0.417. The van der Waals surface area contributed by atoms with Crippen LogP contribution in [0, 0.1) is 0 Å². The highest BCUT2D eigenvalue weighted by atomic mass is 16.2. The molecule has 0 saturated carbocycles. The minimum atomic E-state index is -0.0997. The van der Waals surface area contributed by atoms with Gasteiger partial charge in [0.15, 0.2) is 0 Å². The number of anilines is 1. The normalized spacial score (nSPS) is 9.81. The number of urea groups is 1. The van der Waals surface area contributed by atoms with E-state index in [1.54, 1.807) is 0 Å². The smallest absolute Gasteiger partial charge is 0.314 e. The molecule has 0 heterocycles. The third-order valence-corrected chi connectivity index (χ3v) is 2.21. The fourth-order valence-electron chi connectivity index (χ4n) is 1.31. The highest BCUT2D eigenvalue weighted by molar-refractivity contribution is 5.73. The van der Waals surface area contributed by atoms with Gasteiger partial charge < -0.3 is 16.4 Å². The van der Waals surface area contributed by atoms with Crippen molar-refractivity contribution in [2.75, 3.05) is 18.8 Å². The molecule has 0 aromatic heterocycles. The first-order valence-electron chi connectivity index (χ1n) is 5.58. The van der Waals surface area contributed by atoms with Crippen LogP contribution in [0.15, 0.2) is 24.3 Å². The van der Waals surface area contributed by atoms with Gasteiger partial charge in [-0.15, -0.1) is 0 Å². The molecule has 88 valence electrons. The number of carbonyl (C=O) groups is 1. The summed E-state index contributed by atoms with van der Waals surface area (Å²) in [5, 5.41) is 5.56. The Balaban J connectivity index is 2.20. The Morgan fingerprint density at radius 2 is 1.81 bits per heavy atom. The summed E-state index contributed by atoms with van der Waals surface area (Å²) in [5.74, 6) is 0. The topological polar surface area (TPSA) is 67.2 Å². The minimum Gasteiger partial charge on any atom is -0.399 e. The van der Waals surface area contributed by atoms with Crippen LogP contribution >= 0.6 is 0 Å². The van der Waals surface area contributed by atoms with Crippen molar-refractivity contribution in [2.45, 2.75) is 19.8 Å². The van der Waals surface area contributed by atoms with Gasteiger partial charge in [-0.2, -0.15) is 0 Å². The van der Waals surface area contributed by atoms with E-state index in [2.05, 4.69) is 10.6 Å². The molecule has 16 heavy (non-hydrogen) atoms. The lowest BCUT2D eigenvalue weighted by Crippen LogP contribution is -2.36. The van der Waals surface area contributed by atoms with Gasteiger partial charge in [0.1, 0.15) is 0 Å². The first-order valence-corrected chi connectivity index (χ1v) is 5.58. The molecule has 4 nitrogen and oxygen atoms in total. The van der Waals surface area contributed by atoms with Gasteiger partial charge in [0.2, 0.25) is 0 Å². The Morgan fingerprint density at radius 3 is 2.44 bits per heavy atom. The van der Waals surface area contributed by atoms with Crippen LogP contribution in [0.5, 0.6) is 0 Å². The summed E-state index contributed by atoms with van der Waals surface area (Å²) in [4.78, 5) is 11.2. The van der Waals surface area contributed by atoms with E-state index in [9.17, 15) is 4.79 Å². The Labute approximate surface area is 96.2 Å². The van der Waals surface area contributed by atoms with Crippen LogP contribution in [0.4, 0.5) is 10.5 Å². The van der Waals surface area contributed by atoms with Gasteiger partial charge in [-0.1, -0.05) is 19.1 Å². The van der Waals surface area contributed by atoms with E-state index < -0.39 is 0 Å². The molecule has 0 aliphatic heterocycles. The molecule has 1 rings (SSSR count). The first kappa shape index (κ1) is 12.4. The third-order valence-electron chi connectivity index (χ3n) is 2.21. The summed E-state index contributed by atoms with van der Waals surface area (Å²) in [6.45, 7) is 3.38. The average molecular weight is 221 g/mol. The van der Waals surface area contributed by atoms with E-state index in [1.165, 1.54) is 5.56 Å². The molecular weight excluding hydrogens is 202 g/mol. The molecule has 0 atom stereocenters. The number of rotatable bonds is 5. The van der Waals surface area contributed by atoms with Gasteiger partial charge in [0, 0.05) is 18.8 Å². The predicted octanol–water partition coefficient (Wildman–Crippen LogP) is 1.52. The Bertz CT molecular complexity index is 322. The minimum absolute atomic E-state index is 0.0997. The summed E-state index contributed by atoms with van der Waals surface area (Å²) in [5.41, 5.74) is 7.51. The van der Waals surface area contributed by atoms with Crippen molar-refractivity contribution in [2.24, 2.45) is 0 Å². The van der Waals surface area contributed by atoms with Crippen LogP contribution < -0.4 is 16.4 Å². The summed E-state index contributed by atoms with van der Waals surface area (Å²) >= 11 is 0. The molecule has 0 aliphatic rings. The lowest BCUT2D eigenvalue weighted by molar-refractivity contribution is 0.241.